The first-order valence-corrected chi connectivity index (χ1v) is 4.02. The third-order valence-electron chi connectivity index (χ3n) is 1.35. The lowest BCUT2D eigenvalue weighted by Crippen LogP contribution is -2.17. The van der Waals surface area contributed by atoms with Crippen LogP contribution >= 0.6 is 12.6 Å². The van der Waals surface area contributed by atoms with Gasteiger partial charge in [-0.25, -0.2) is 0 Å². The maximum Gasteiger partial charge on any atom is 0.573 e. The average Bonchev–Trinajstić information content (AvgIpc) is 2.02. The Balaban J connectivity index is 2.87. The summed E-state index contributed by atoms with van der Waals surface area (Å²) in [4.78, 5) is 0. The van der Waals surface area contributed by atoms with Crippen LogP contribution in [0.2, 0.25) is 0 Å². The zero-order valence-electron chi connectivity index (χ0n) is 6.47. The van der Waals surface area contributed by atoms with Crippen LogP contribution < -0.4 is 4.74 Å². The highest BCUT2D eigenvalue weighted by Crippen LogP contribution is 2.26. The second-order valence-electron chi connectivity index (χ2n) is 2.30. The average molecular weight is 207 g/mol. The van der Waals surface area contributed by atoms with E-state index >= 15 is 0 Å². The Morgan fingerprint density at radius 3 is 2.38 bits per heavy atom. The van der Waals surface area contributed by atoms with Crippen molar-refractivity contribution >= 4 is 12.6 Å². The molecule has 1 rings (SSSR count). The first-order chi connectivity index (χ1) is 6.03. The summed E-state index contributed by atoms with van der Waals surface area (Å²) in [7, 11) is 0. The molecule has 0 saturated carbocycles. The van der Waals surface area contributed by atoms with Gasteiger partial charge in [0.1, 0.15) is 5.75 Å². The van der Waals surface area contributed by atoms with Crippen molar-refractivity contribution in [2.45, 2.75) is 12.1 Å². The smallest absolute Gasteiger partial charge is 0.405 e. The van der Waals surface area contributed by atoms with Crippen LogP contribution in [0.1, 0.15) is 5.56 Å². The molecule has 0 aliphatic heterocycles. The van der Waals surface area contributed by atoms with Gasteiger partial charge in [0, 0.05) is 11.3 Å². The molecule has 0 fully saturated rings. The van der Waals surface area contributed by atoms with Gasteiger partial charge in [0.05, 0.1) is 0 Å². The molecular formula is C8H6F3OS. The van der Waals surface area contributed by atoms with Crippen LogP contribution in [0.5, 0.6) is 5.75 Å². The summed E-state index contributed by atoms with van der Waals surface area (Å²) in [6, 6.07) is 5.84. The molecule has 0 heterocycles. The number of hydrogen-bond donors (Lipinski definition) is 0. The van der Waals surface area contributed by atoms with Crippen molar-refractivity contribution in [1.82, 2.24) is 0 Å². The van der Waals surface area contributed by atoms with Crippen molar-refractivity contribution < 1.29 is 17.9 Å². The van der Waals surface area contributed by atoms with Crippen LogP contribution in [0.3, 0.4) is 0 Å². The predicted octanol–water partition coefficient (Wildman–Crippen LogP) is 3.28. The first kappa shape index (κ1) is 10.2. The molecule has 0 bridgehead atoms. The van der Waals surface area contributed by atoms with Gasteiger partial charge < -0.3 is 4.74 Å². The van der Waals surface area contributed by atoms with Gasteiger partial charge in [-0.05, 0) is 6.07 Å². The molecule has 1 nitrogen and oxygen atoms in total. The molecule has 71 valence electrons. The molecule has 0 N–H and O–H groups in total. The lowest BCUT2D eigenvalue weighted by Gasteiger charge is -2.11. The highest BCUT2D eigenvalue weighted by Gasteiger charge is 2.31. The van der Waals surface area contributed by atoms with Crippen LogP contribution in [0.15, 0.2) is 24.3 Å². The van der Waals surface area contributed by atoms with Crippen molar-refractivity contribution in [3.8, 4) is 5.75 Å². The van der Waals surface area contributed by atoms with E-state index in [1.807, 2.05) is 0 Å². The zero-order chi connectivity index (χ0) is 9.90. The summed E-state index contributed by atoms with van der Waals surface area (Å²) in [5.41, 5.74) is 0.370. The van der Waals surface area contributed by atoms with E-state index < -0.39 is 6.36 Å². The molecule has 0 unspecified atom stereocenters. The molecule has 1 aromatic carbocycles. The molecule has 0 atom stereocenters. The third kappa shape index (κ3) is 3.18. The minimum atomic E-state index is -4.65. The Kier molecular flexibility index (Phi) is 3.08. The van der Waals surface area contributed by atoms with Gasteiger partial charge in [-0.15, -0.1) is 13.2 Å². The van der Waals surface area contributed by atoms with Crippen LogP contribution in [-0.2, 0) is 5.75 Å². The second-order valence-corrected chi connectivity index (χ2v) is 2.59. The maximum atomic E-state index is 11.8. The number of alkyl halides is 3. The van der Waals surface area contributed by atoms with E-state index in [1.165, 1.54) is 18.2 Å². The number of hydrogen-bond acceptors (Lipinski definition) is 1. The summed E-state index contributed by atoms with van der Waals surface area (Å²) < 4.78 is 39.2. The molecule has 1 aromatic rings. The quantitative estimate of drug-likeness (QED) is 0.723. The number of rotatable bonds is 2. The Bertz CT molecular complexity index is 285. The van der Waals surface area contributed by atoms with Crippen molar-refractivity contribution in [2.75, 3.05) is 0 Å². The monoisotopic (exact) mass is 207 g/mol. The first-order valence-electron chi connectivity index (χ1n) is 3.44. The van der Waals surface area contributed by atoms with Gasteiger partial charge in [-0.2, -0.15) is 0 Å². The van der Waals surface area contributed by atoms with Gasteiger partial charge in [-0.1, -0.05) is 30.8 Å². The Morgan fingerprint density at radius 1 is 1.23 bits per heavy atom. The van der Waals surface area contributed by atoms with E-state index in [1.54, 1.807) is 6.07 Å². The molecule has 0 aliphatic carbocycles. The van der Waals surface area contributed by atoms with Crippen molar-refractivity contribution in [3.63, 3.8) is 0 Å². The van der Waals surface area contributed by atoms with Gasteiger partial charge in [0.25, 0.3) is 0 Å². The molecule has 0 aromatic heterocycles. The number of benzene rings is 1. The second kappa shape index (κ2) is 3.91. The third-order valence-corrected chi connectivity index (χ3v) is 1.66. The number of halogens is 3. The maximum absolute atomic E-state index is 11.8. The summed E-state index contributed by atoms with van der Waals surface area (Å²) in [6.45, 7) is 0. The van der Waals surface area contributed by atoms with E-state index in [-0.39, 0.29) is 11.5 Å². The van der Waals surface area contributed by atoms with Gasteiger partial charge in [0.15, 0.2) is 0 Å². The molecule has 0 spiro atoms. The van der Waals surface area contributed by atoms with Crippen molar-refractivity contribution in [1.29, 1.82) is 0 Å². The van der Waals surface area contributed by atoms with Crippen LogP contribution in [-0.4, -0.2) is 6.36 Å². The van der Waals surface area contributed by atoms with E-state index in [0.29, 0.717) is 5.56 Å². The van der Waals surface area contributed by atoms with Gasteiger partial charge in [0.2, 0.25) is 0 Å². The summed E-state index contributed by atoms with van der Waals surface area (Å²) >= 11 is 4.65. The van der Waals surface area contributed by atoms with Crippen LogP contribution in [0.4, 0.5) is 13.2 Å². The summed E-state index contributed by atoms with van der Waals surface area (Å²) in [5, 5.41) is 0. The molecule has 0 amide bonds. The Hall–Kier alpha value is -0.840. The fourth-order valence-corrected chi connectivity index (χ4v) is 1.09. The number of ether oxygens (including phenoxy) is 1. The molecular weight excluding hydrogens is 201 g/mol. The predicted molar refractivity (Wildman–Crippen MR) is 44.4 cm³/mol. The van der Waals surface area contributed by atoms with Crippen molar-refractivity contribution in [2.24, 2.45) is 0 Å². The Morgan fingerprint density at radius 2 is 1.85 bits per heavy atom. The lowest BCUT2D eigenvalue weighted by atomic mass is 10.2. The highest BCUT2D eigenvalue weighted by atomic mass is 32.1. The van der Waals surface area contributed by atoms with Gasteiger partial charge in [-0.3, -0.25) is 0 Å². The minimum absolute atomic E-state index is 0.103. The minimum Gasteiger partial charge on any atom is -0.405 e. The van der Waals surface area contributed by atoms with E-state index in [9.17, 15) is 13.2 Å². The SMILES string of the molecule is FC(F)(F)Oc1ccccc1C[S]. The standard InChI is InChI=1S/C8H6F3OS/c9-8(10,11)12-7-4-2-1-3-6(7)5-13/h1-4H,5H2. The van der Waals surface area contributed by atoms with Crippen LogP contribution in [0.25, 0.3) is 0 Å². The topological polar surface area (TPSA) is 9.23 Å². The zero-order valence-corrected chi connectivity index (χ0v) is 7.28. The molecule has 5 heteroatoms. The number of para-hydroxylation sites is 1. The molecule has 0 saturated heterocycles. The van der Waals surface area contributed by atoms with Crippen molar-refractivity contribution in [3.05, 3.63) is 29.8 Å². The highest BCUT2D eigenvalue weighted by molar-refractivity contribution is 7.79. The lowest BCUT2D eigenvalue weighted by molar-refractivity contribution is -0.274. The van der Waals surface area contributed by atoms with E-state index in [0.717, 1.165) is 0 Å². The molecule has 13 heavy (non-hydrogen) atoms. The Labute approximate surface area is 78.9 Å². The fraction of sp³-hybridized carbons (Fsp3) is 0.250. The van der Waals surface area contributed by atoms with Crippen LogP contribution in [0, 0.1) is 0 Å². The van der Waals surface area contributed by atoms with E-state index in [4.69, 9.17) is 0 Å². The van der Waals surface area contributed by atoms with E-state index in [2.05, 4.69) is 17.4 Å². The summed E-state index contributed by atoms with van der Waals surface area (Å²) in [6.07, 6.45) is -4.65. The molecule has 0 aliphatic rings. The fourth-order valence-electron chi connectivity index (χ4n) is 0.847. The summed E-state index contributed by atoms with van der Waals surface area (Å²) in [5.74, 6) is -0.114. The normalized spacial score (nSPS) is 11.4. The molecule has 1 radical (unpaired) electrons. The van der Waals surface area contributed by atoms with Gasteiger partial charge >= 0.3 is 6.36 Å². The largest absolute Gasteiger partial charge is 0.573 e.